The molecule has 5 heteroatoms. The maximum atomic E-state index is 12.6. The van der Waals surface area contributed by atoms with Crippen molar-refractivity contribution in [3.63, 3.8) is 0 Å². The van der Waals surface area contributed by atoms with Gasteiger partial charge in [0.25, 0.3) is 0 Å². The van der Waals surface area contributed by atoms with Crippen LogP contribution >= 0.6 is 0 Å². The molecule has 73 heavy (non-hydrogen) atoms. The molecule has 0 aromatic heterocycles. The minimum Gasteiger partial charge on any atom is -0.394 e. The molecule has 0 aliphatic heterocycles. The molecule has 0 aromatic rings. The van der Waals surface area contributed by atoms with Crippen LogP contribution in [-0.2, 0) is 4.79 Å². The second-order valence-corrected chi connectivity index (χ2v) is 22.7. The van der Waals surface area contributed by atoms with Gasteiger partial charge in [0.1, 0.15) is 6.10 Å². The number of aliphatic hydroxyl groups is 3. The molecule has 0 bridgehead atoms. The smallest absolute Gasteiger partial charge is 0.249 e. The molecule has 0 aliphatic carbocycles. The molecule has 3 unspecified atom stereocenters. The summed E-state index contributed by atoms with van der Waals surface area (Å²) in [6.07, 6.45) is 85.2. The van der Waals surface area contributed by atoms with Crippen LogP contribution in [0.1, 0.15) is 354 Å². The molecule has 0 aliphatic rings. The predicted octanol–water partition coefficient (Wildman–Crippen LogP) is 21.1. The molecule has 0 rings (SSSR count). The molecule has 0 saturated heterocycles. The number of hydrogen-bond donors (Lipinski definition) is 4. The van der Waals surface area contributed by atoms with E-state index in [2.05, 4.69) is 55.6 Å². The maximum Gasteiger partial charge on any atom is 0.249 e. The van der Waals surface area contributed by atoms with Gasteiger partial charge in [0.15, 0.2) is 0 Å². The second kappa shape index (κ2) is 62.8. The van der Waals surface area contributed by atoms with Crippen molar-refractivity contribution in [1.29, 1.82) is 0 Å². The Kier molecular flexibility index (Phi) is 61.4. The van der Waals surface area contributed by atoms with E-state index in [1.165, 1.54) is 289 Å². The summed E-state index contributed by atoms with van der Waals surface area (Å²) in [5.41, 5.74) is 0. The van der Waals surface area contributed by atoms with Crippen LogP contribution in [0.15, 0.2) is 48.6 Å². The molecule has 0 spiro atoms. The molecule has 0 saturated carbocycles. The molecule has 0 radical (unpaired) electrons. The first kappa shape index (κ1) is 71.3. The highest BCUT2D eigenvalue weighted by molar-refractivity contribution is 5.80. The Balaban J connectivity index is 3.54. The van der Waals surface area contributed by atoms with Gasteiger partial charge < -0.3 is 20.6 Å². The lowest BCUT2D eigenvalue weighted by Crippen LogP contribution is -2.48. The van der Waals surface area contributed by atoms with E-state index in [1.807, 2.05) is 6.08 Å². The van der Waals surface area contributed by atoms with Crippen LogP contribution in [0, 0.1) is 0 Å². The number of aliphatic hydroxyl groups excluding tert-OH is 3. The number of hydrogen-bond acceptors (Lipinski definition) is 4. The Labute approximate surface area is 457 Å². The SMILES string of the molecule is CCCCCCCCCCCCCCC/C=C\C/C=C\CCCCCCCCCCCCCCCCCCC(O)C(=O)NC(CO)C(O)/C=C/CC/C=C/CCCCCCCCCCCCCCCCCCC. The van der Waals surface area contributed by atoms with Crippen LogP contribution in [0.25, 0.3) is 0 Å². The van der Waals surface area contributed by atoms with Crippen molar-refractivity contribution in [2.45, 2.75) is 372 Å². The summed E-state index contributed by atoms with van der Waals surface area (Å²) >= 11 is 0. The average molecular weight is 1020 g/mol. The van der Waals surface area contributed by atoms with Crippen molar-refractivity contribution < 1.29 is 20.1 Å². The zero-order valence-corrected chi connectivity index (χ0v) is 49.3. The van der Waals surface area contributed by atoms with Crippen molar-refractivity contribution in [1.82, 2.24) is 5.32 Å². The molecule has 1 amide bonds. The van der Waals surface area contributed by atoms with Gasteiger partial charge in [0.05, 0.1) is 18.8 Å². The third-order valence-electron chi connectivity index (χ3n) is 15.4. The van der Waals surface area contributed by atoms with Gasteiger partial charge in [0, 0.05) is 0 Å². The molecular formula is C68H129NO4. The fourth-order valence-electron chi connectivity index (χ4n) is 10.3. The van der Waals surface area contributed by atoms with Crippen molar-refractivity contribution in [2.75, 3.05) is 6.61 Å². The first-order valence-electron chi connectivity index (χ1n) is 33.0. The number of nitrogens with one attached hydrogen (secondary N) is 1. The topological polar surface area (TPSA) is 89.8 Å². The summed E-state index contributed by atoms with van der Waals surface area (Å²) in [5.74, 6) is -0.508. The molecule has 0 heterocycles. The van der Waals surface area contributed by atoms with Gasteiger partial charge in [-0.2, -0.15) is 0 Å². The second-order valence-electron chi connectivity index (χ2n) is 22.7. The fourth-order valence-corrected chi connectivity index (χ4v) is 10.3. The largest absolute Gasteiger partial charge is 0.394 e. The van der Waals surface area contributed by atoms with Crippen molar-refractivity contribution in [3.8, 4) is 0 Å². The van der Waals surface area contributed by atoms with Crippen molar-refractivity contribution in [3.05, 3.63) is 48.6 Å². The molecule has 430 valence electrons. The third kappa shape index (κ3) is 57.8. The van der Waals surface area contributed by atoms with Gasteiger partial charge in [-0.1, -0.05) is 339 Å². The minimum atomic E-state index is -1.11. The lowest BCUT2D eigenvalue weighted by Gasteiger charge is -2.21. The zero-order valence-electron chi connectivity index (χ0n) is 49.3. The first-order chi connectivity index (χ1) is 36.1. The number of carbonyl (C=O) groups is 1. The van der Waals surface area contributed by atoms with E-state index in [0.717, 1.165) is 44.9 Å². The normalized spacial score (nSPS) is 13.4. The van der Waals surface area contributed by atoms with Crippen LogP contribution in [0.5, 0.6) is 0 Å². The number of rotatable bonds is 61. The highest BCUT2D eigenvalue weighted by atomic mass is 16.3. The number of unbranched alkanes of at least 4 members (excludes halogenated alkanes) is 47. The summed E-state index contributed by atoms with van der Waals surface area (Å²) in [5, 5.41) is 33.5. The molecule has 0 fully saturated rings. The van der Waals surface area contributed by atoms with Gasteiger partial charge in [-0.3, -0.25) is 4.79 Å². The van der Waals surface area contributed by atoms with Crippen LogP contribution in [0.3, 0.4) is 0 Å². The van der Waals surface area contributed by atoms with E-state index in [4.69, 9.17) is 0 Å². The Hall–Kier alpha value is -1.69. The third-order valence-corrected chi connectivity index (χ3v) is 15.4. The Bertz CT molecular complexity index is 1180. The highest BCUT2D eigenvalue weighted by Gasteiger charge is 2.22. The van der Waals surface area contributed by atoms with E-state index in [0.29, 0.717) is 6.42 Å². The van der Waals surface area contributed by atoms with Crippen molar-refractivity contribution in [2.24, 2.45) is 0 Å². The van der Waals surface area contributed by atoms with Gasteiger partial charge >= 0.3 is 0 Å². The molecule has 0 aromatic carbocycles. The van der Waals surface area contributed by atoms with Gasteiger partial charge in [-0.05, 0) is 64.2 Å². The highest BCUT2D eigenvalue weighted by Crippen LogP contribution is 2.18. The quantitative estimate of drug-likeness (QED) is 0.0361. The lowest BCUT2D eigenvalue weighted by atomic mass is 10.0. The number of allylic oxidation sites excluding steroid dienone is 7. The summed E-state index contributed by atoms with van der Waals surface area (Å²) < 4.78 is 0. The van der Waals surface area contributed by atoms with E-state index in [1.54, 1.807) is 6.08 Å². The average Bonchev–Trinajstić information content (AvgIpc) is 3.40. The summed E-state index contributed by atoms with van der Waals surface area (Å²) in [4.78, 5) is 12.6. The molecular weight excluding hydrogens is 895 g/mol. The zero-order chi connectivity index (χ0) is 52.9. The van der Waals surface area contributed by atoms with Crippen LogP contribution < -0.4 is 5.32 Å². The lowest BCUT2D eigenvalue weighted by molar-refractivity contribution is -0.131. The Morgan fingerprint density at radius 3 is 0.918 bits per heavy atom. The molecule has 3 atom stereocenters. The monoisotopic (exact) mass is 1020 g/mol. The summed E-state index contributed by atoms with van der Waals surface area (Å²) in [6, 6.07) is -0.817. The number of carbonyl (C=O) groups excluding carboxylic acids is 1. The number of amides is 1. The fraction of sp³-hybridized carbons (Fsp3) is 0.868. The van der Waals surface area contributed by atoms with Crippen LogP contribution in [0.2, 0.25) is 0 Å². The standard InChI is InChI=1S/C68H129NO4/c1-3-5-7-9-11-13-15-17-19-21-23-25-27-28-29-30-31-32-33-34-35-36-37-38-39-41-43-45-47-49-51-53-55-57-59-61-63-67(72)68(73)69-65(64-70)66(71)62-60-58-56-54-52-50-48-46-44-42-40-26-24-22-20-18-16-14-12-10-8-6-4-2/h29-30,32-33,52,54,60,62,65-67,70-72H,3-28,31,34-51,53,55-59,61,63-64H2,1-2H3,(H,69,73)/b30-29-,33-32-,54-52+,62-60+. The van der Waals surface area contributed by atoms with Gasteiger partial charge in [-0.15, -0.1) is 0 Å². The van der Waals surface area contributed by atoms with E-state index in [-0.39, 0.29) is 6.61 Å². The van der Waals surface area contributed by atoms with E-state index in [9.17, 15) is 20.1 Å². The predicted molar refractivity (Wildman–Crippen MR) is 324 cm³/mol. The van der Waals surface area contributed by atoms with Gasteiger partial charge in [0.2, 0.25) is 5.91 Å². The first-order valence-corrected chi connectivity index (χ1v) is 33.0. The van der Waals surface area contributed by atoms with Crippen molar-refractivity contribution >= 4 is 5.91 Å². The van der Waals surface area contributed by atoms with E-state index >= 15 is 0 Å². The van der Waals surface area contributed by atoms with Gasteiger partial charge in [-0.25, -0.2) is 0 Å². The Morgan fingerprint density at radius 2 is 0.603 bits per heavy atom. The minimum absolute atomic E-state index is 0.375. The molecule has 5 nitrogen and oxygen atoms in total. The summed E-state index contributed by atoms with van der Waals surface area (Å²) in [7, 11) is 0. The van der Waals surface area contributed by atoms with Crippen LogP contribution in [0.4, 0.5) is 0 Å². The van der Waals surface area contributed by atoms with Crippen LogP contribution in [-0.4, -0.2) is 46.1 Å². The summed E-state index contributed by atoms with van der Waals surface area (Å²) in [6.45, 7) is 4.21. The molecule has 4 N–H and O–H groups in total. The van der Waals surface area contributed by atoms with E-state index < -0.39 is 24.2 Å². The maximum absolute atomic E-state index is 12.6. The Morgan fingerprint density at radius 1 is 0.342 bits per heavy atom.